The summed E-state index contributed by atoms with van der Waals surface area (Å²) in [5, 5.41) is 2.87. The molecular formula is C17H20N2O2S. The van der Waals surface area contributed by atoms with E-state index >= 15 is 0 Å². The summed E-state index contributed by atoms with van der Waals surface area (Å²) in [6.07, 6.45) is 2.13. The molecule has 0 spiro atoms. The Bertz CT molecular complexity index is 665. The molecule has 116 valence electrons. The van der Waals surface area contributed by atoms with Gasteiger partial charge >= 0.3 is 0 Å². The van der Waals surface area contributed by atoms with E-state index in [0.717, 1.165) is 21.0 Å². The fourth-order valence-corrected chi connectivity index (χ4v) is 3.23. The van der Waals surface area contributed by atoms with Gasteiger partial charge in [-0.05, 0) is 39.0 Å². The summed E-state index contributed by atoms with van der Waals surface area (Å²) in [5.74, 6) is -0.0985. The first kappa shape index (κ1) is 16.4. The number of aromatic nitrogens is 1. The Kier molecular flexibility index (Phi) is 5.44. The summed E-state index contributed by atoms with van der Waals surface area (Å²) >= 11 is 1.61. The Morgan fingerprint density at radius 2 is 2.05 bits per heavy atom. The SMILES string of the molecule is Cc1cc(C(=O)CCC(=O)NC(C)c2ccccn2)c(C)s1. The molecule has 0 radical (unpaired) electrons. The van der Waals surface area contributed by atoms with Crippen LogP contribution in [0.5, 0.6) is 0 Å². The second-order valence-electron chi connectivity index (χ2n) is 5.29. The predicted octanol–water partition coefficient (Wildman–Crippen LogP) is 3.60. The van der Waals surface area contributed by atoms with Crippen LogP contribution in [0.15, 0.2) is 30.5 Å². The van der Waals surface area contributed by atoms with Gasteiger partial charge in [-0.15, -0.1) is 11.3 Å². The van der Waals surface area contributed by atoms with E-state index in [1.54, 1.807) is 17.5 Å². The molecular weight excluding hydrogens is 296 g/mol. The van der Waals surface area contributed by atoms with Gasteiger partial charge in [-0.1, -0.05) is 6.07 Å². The third-order valence-electron chi connectivity index (χ3n) is 3.43. The van der Waals surface area contributed by atoms with Gasteiger partial charge in [0.25, 0.3) is 0 Å². The fraction of sp³-hybridized carbons (Fsp3) is 0.353. The van der Waals surface area contributed by atoms with Gasteiger partial charge in [-0.3, -0.25) is 14.6 Å². The van der Waals surface area contributed by atoms with Gasteiger partial charge in [0.1, 0.15) is 0 Å². The van der Waals surface area contributed by atoms with Crippen molar-refractivity contribution in [2.24, 2.45) is 0 Å². The van der Waals surface area contributed by atoms with Crippen molar-refractivity contribution < 1.29 is 9.59 Å². The smallest absolute Gasteiger partial charge is 0.220 e. The molecule has 2 aromatic heterocycles. The van der Waals surface area contributed by atoms with Crippen LogP contribution in [0.4, 0.5) is 0 Å². The van der Waals surface area contributed by atoms with E-state index in [-0.39, 0.29) is 30.6 Å². The summed E-state index contributed by atoms with van der Waals surface area (Å²) in [7, 11) is 0. The van der Waals surface area contributed by atoms with Crippen molar-refractivity contribution in [2.45, 2.75) is 39.7 Å². The summed E-state index contributed by atoms with van der Waals surface area (Å²) in [6.45, 7) is 5.80. The van der Waals surface area contributed by atoms with Crippen LogP contribution < -0.4 is 5.32 Å². The molecule has 1 unspecified atom stereocenters. The lowest BCUT2D eigenvalue weighted by atomic mass is 10.1. The van der Waals surface area contributed by atoms with Gasteiger partial charge in [-0.25, -0.2) is 0 Å². The van der Waals surface area contributed by atoms with Crippen LogP contribution in [0.2, 0.25) is 0 Å². The van der Waals surface area contributed by atoms with E-state index in [9.17, 15) is 9.59 Å². The van der Waals surface area contributed by atoms with Crippen LogP contribution in [-0.4, -0.2) is 16.7 Å². The summed E-state index contributed by atoms with van der Waals surface area (Å²) in [5.41, 5.74) is 1.56. The van der Waals surface area contributed by atoms with Gasteiger partial charge in [0, 0.05) is 34.4 Å². The molecule has 0 saturated carbocycles. The van der Waals surface area contributed by atoms with Gasteiger partial charge in [-0.2, -0.15) is 0 Å². The molecule has 0 fully saturated rings. The van der Waals surface area contributed by atoms with Crippen molar-refractivity contribution in [1.82, 2.24) is 10.3 Å². The Morgan fingerprint density at radius 1 is 1.27 bits per heavy atom. The Morgan fingerprint density at radius 3 is 2.64 bits per heavy atom. The minimum atomic E-state index is -0.158. The Hall–Kier alpha value is -2.01. The molecule has 0 aliphatic carbocycles. The molecule has 1 atom stereocenters. The average molecular weight is 316 g/mol. The molecule has 5 heteroatoms. The molecule has 0 aliphatic rings. The predicted molar refractivity (Wildman–Crippen MR) is 88.2 cm³/mol. The first-order valence-corrected chi connectivity index (χ1v) is 8.09. The number of ketones is 1. The number of thiophene rings is 1. The zero-order valence-corrected chi connectivity index (χ0v) is 13.9. The number of nitrogens with one attached hydrogen (secondary N) is 1. The molecule has 0 saturated heterocycles. The van der Waals surface area contributed by atoms with Gasteiger partial charge in [0.2, 0.25) is 5.91 Å². The average Bonchev–Trinajstić information content (AvgIpc) is 2.84. The third kappa shape index (κ3) is 4.24. The molecule has 1 N–H and O–H groups in total. The lowest BCUT2D eigenvalue weighted by Gasteiger charge is -2.13. The summed E-state index contributed by atoms with van der Waals surface area (Å²) < 4.78 is 0. The molecule has 0 aliphatic heterocycles. The number of hydrogen-bond acceptors (Lipinski definition) is 4. The van der Waals surface area contributed by atoms with Gasteiger partial charge in [0.15, 0.2) is 5.78 Å². The molecule has 2 rings (SSSR count). The van der Waals surface area contributed by atoms with Crippen molar-refractivity contribution in [3.8, 4) is 0 Å². The lowest BCUT2D eigenvalue weighted by Crippen LogP contribution is -2.27. The highest BCUT2D eigenvalue weighted by Gasteiger charge is 2.15. The lowest BCUT2D eigenvalue weighted by molar-refractivity contribution is -0.121. The van der Waals surface area contributed by atoms with Crippen molar-refractivity contribution in [3.63, 3.8) is 0 Å². The Balaban J connectivity index is 1.85. The van der Waals surface area contributed by atoms with Crippen molar-refractivity contribution in [3.05, 3.63) is 51.5 Å². The van der Waals surface area contributed by atoms with E-state index < -0.39 is 0 Å². The van der Waals surface area contributed by atoms with Crippen LogP contribution in [0.25, 0.3) is 0 Å². The van der Waals surface area contributed by atoms with Crippen LogP contribution in [-0.2, 0) is 4.79 Å². The number of carbonyl (C=O) groups excluding carboxylic acids is 2. The summed E-state index contributed by atoms with van der Waals surface area (Å²) in [4.78, 5) is 30.5. The normalized spacial score (nSPS) is 12.0. The van der Waals surface area contributed by atoms with E-state index in [1.165, 1.54) is 0 Å². The molecule has 22 heavy (non-hydrogen) atoms. The zero-order chi connectivity index (χ0) is 16.1. The van der Waals surface area contributed by atoms with Crippen LogP contribution in [0, 0.1) is 13.8 Å². The topological polar surface area (TPSA) is 59.1 Å². The number of aryl methyl sites for hydroxylation is 2. The largest absolute Gasteiger partial charge is 0.348 e. The van der Waals surface area contributed by atoms with Gasteiger partial charge in [0.05, 0.1) is 11.7 Å². The summed E-state index contributed by atoms with van der Waals surface area (Å²) in [6, 6.07) is 7.33. The number of rotatable bonds is 6. The minimum Gasteiger partial charge on any atom is -0.348 e. The monoisotopic (exact) mass is 316 g/mol. The quantitative estimate of drug-likeness (QED) is 0.828. The maximum Gasteiger partial charge on any atom is 0.220 e. The Labute approximate surface area is 134 Å². The first-order valence-electron chi connectivity index (χ1n) is 7.28. The second kappa shape index (κ2) is 7.31. The molecule has 4 nitrogen and oxygen atoms in total. The van der Waals surface area contributed by atoms with Crippen molar-refractivity contribution >= 4 is 23.0 Å². The van der Waals surface area contributed by atoms with E-state index in [2.05, 4.69) is 10.3 Å². The molecule has 0 aromatic carbocycles. The number of nitrogens with zero attached hydrogens (tertiary/aromatic N) is 1. The third-order valence-corrected chi connectivity index (χ3v) is 4.40. The number of pyridine rings is 1. The maximum atomic E-state index is 12.2. The van der Waals surface area contributed by atoms with Crippen LogP contribution in [0.3, 0.4) is 0 Å². The highest BCUT2D eigenvalue weighted by Crippen LogP contribution is 2.22. The number of hydrogen-bond donors (Lipinski definition) is 1. The van der Waals surface area contributed by atoms with Crippen molar-refractivity contribution in [2.75, 3.05) is 0 Å². The molecule has 1 amide bonds. The van der Waals surface area contributed by atoms with Gasteiger partial charge < -0.3 is 5.32 Å². The number of amides is 1. The maximum absolute atomic E-state index is 12.2. The standard InChI is InChI=1S/C17H20N2O2S/c1-11-10-14(13(3)22-11)16(20)7-8-17(21)19-12(2)15-6-4-5-9-18-15/h4-6,9-10,12H,7-8H2,1-3H3,(H,19,21). The molecule has 2 heterocycles. The highest BCUT2D eigenvalue weighted by molar-refractivity contribution is 7.12. The number of carbonyl (C=O) groups is 2. The van der Waals surface area contributed by atoms with Crippen molar-refractivity contribution in [1.29, 1.82) is 0 Å². The van der Waals surface area contributed by atoms with E-state index in [1.807, 2.05) is 45.0 Å². The fourth-order valence-electron chi connectivity index (χ4n) is 2.29. The number of Topliss-reactive ketones (excluding diaryl/α,β-unsaturated/α-hetero) is 1. The zero-order valence-electron chi connectivity index (χ0n) is 13.1. The molecule has 0 bridgehead atoms. The minimum absolute atomic E-state index is 0.0301. The first-order chi connectivity index (χ1) is 10.5. The van der Waals surface area contributed by atoms with E-state index in [4.69, 9.17) is 0 Å². The second-order valence-corrected chi connectivity index (χ2v) is 6.75. The molecule has 2 aromatic rings. The van der Waals surface area contributed by atoms with Crippen LogP contribution in [0.1, 0.15) is 51.6 Å². The van der Waals surface area contributed by atoms with E-state index in [0.29, 0.717) is 0 Å². The highest BCUT2D eigenvalue weighted by atomic mass is 32.1. The van der Waals surface area contributed by atoms with Crippen LogP contribution >= 0.6 is 11.3 Å².